The van der Waals surface area contributed by atoms with Gasteiger partial charge in [0.05, 0.1) is 34.8 Å². The number of hydrazone groups is 1. The van der Waals surface area contributed by atoms with Crippen molar-refractivity contribution in [3.8, 4) is 0 Å². The minimum atomic E-state index is -1.17. The number of hydrogen-bond acceptors (Lipinski definition) is 5. The summed E-state index contributed by atoms with van der Waals surface area (Å²) < 4.78 is 0. The lowest BCUT2D eigenvalue weighted by molar-refractivity contribution is -0.140. The van der Waals surface area contributed by atoms with Crippen LogP contribution < -0.4 is 4.90 Å². The van der Waals surface area contributed by atoms with Crippen LogP contribution in [0.15, 0.2) is 84.0 Å². The SMILES string of the molecule is Cc1ccc(Cl)cc1N1C(=O)[C@@H]2C3c4ccccc4C(/C=N\N4C(=O)[C@@H]5[C@H](C4=O)[C@H]4C=C[C@H]5C4)(c4ccccc43)[C@@H]2C1=O. The first kappa shape index (κ1) is 25.2. The Bertz CT molecular complexity index is 1820. The van der Waals surface area contributed by atoms with E-state index in [-0.39, 0.29) is 53.2 Å². The van der Waals surface area contributed by atoms with E-state index < -0.39 is 17.3 Å². The number of fused-ring (bicyclic) bond motifs is 5. The second-order valence-electron chi connectivity index (χ2n) is 12.7. The van der Waals surface area contributed by atoms with E-state index in [4.69, 9.17) is 11.6 Å². The van der Waals surface area contributed by atoms with Crippen LogP contribution in [-0.2, 0) is 24.6 Å². The second-order valence-corrected chi connectivity index (χ2v) is 13.1. The predicted octanol–water partition coefficient (Wildman–Crippen LogP) is 4.99. The van der Waals surface area contributed by atoms with Gasteiger partial charge in [-0.1, -0.05) is 78.4 Å². The molecule has 0 aromatic heterocycles. The molecule has 4 amide bonds. The maximum atomic E-state index is 14.7. The van der Waals surface area contributed by atoms with Crippen molar-refractivity contribution >= 4 is 47.1 Å². The molecule has 0 spiro atoms. The Hall–Kier alpha value is -4.36. The number of carbonyl (C=O) groups excluding carboxylic acids is 4. The lowest BCUT2D eigenvalue weighted by Gasteiger charge is -2.52. The van der Waals surface area contributed by atoms with E-state index in [1.165, 1.54) is 4.90 Å². The van der Waals surface area contributed by atoms with Crippen LogP contribution in [0.5, 0.6) is 0 Å². The predicted molar refractivity (Wildman–Crippen MR) is 159 cm³/mol. The number of allylic oxidation sites excluding steroid dienone is 2. The van der Waals surface area contributed by atoms with Crippen LogP contribution in [0.1, 0.15) is 40.2 Å². The average Bonchev–Trinajstić information content (AvgIpc) is 3.76. The molecule has 2 heterocycles. The van der Waals surface area contributed by atoms with Gasteiger partial charge in [0, 0.05) is 17.2 Å². The fourth-order valence-corrected chi connectivity index (χ4v) is 9.43. The van der Waals surface area contributed by atoms with Gasteiger partial charge in [-0.25, -0.2) is 4.90 Å². The lowest BCUT2D eigenvalue weighted by atomic mass is 9.47. The highest BCUT2D eigenvalue weighted by molar-refractivity contribution is 6.32. The Morgan fingerprint density at radius 1 is 0.791 bits per heavy atom. The van der Waals surface area contributed by atoms with E-state index in [1.54, 1.807) is 24.4 Å². The van der Waals surface area contributed by atoms with Crippen LogP contribution in [0.4, 0.5) is 5.69 Å². The number of hydrogen-bond donors (Lipinski definition) is 0. The number of anilines is 1. The van der Waals surface area contributed by atoms with E-state index >= 15 is 0 Å². The highest BCUT2D eigenvalue weighted by atomic mass is 35.5. The van der Waals surface area contributed by atoms with Crippen molar-refractivity contribution in [1.82, 2.24) is 5.01 Å². The third-order valence-electron chi connectivity index (χ3n) is 10.9. The van der Waals surface area contributed by atoms with Crippen molar-refractivity contribution in [1.29, 1.82) is 0 Å². The number of imide groups is 2. The Balaban J connectivity index is 1.25. The molecule has 0 unspecified atom stereocenters. The van der Waals surface area contributed by atoms with Gasteiger partial charge in [-0.3, -0.25) is 19.2 Å². The lowest BCUT2D eigenvalue weighted by Crippen LogP contribution is -2.55. The summed E-state index contributed by atoms with van der Waals surface area (Å²) in [6.07, 6.45) is 6.56. The average molecular weight is 588 g/mol. The van der Waals surface area contributed by atoms with Crippen LogP contribution in [0, 0.1) is 42.4 Å². The molecule has 3 aromatic rings. The number of halogens is 1. The van der Waals surface area contributed by atoms with E-state index in [2.05, 4.69) is 17.3 Å². The first-order chi connectivity index (χ1) is 20.8. The summed E-state index contributed by atoms with van der Waals surface area (Å²) in [5.41, 5.74) is 3.72. The molecule has 2 saturated heterocycles. The van der Waals surface area contributed by atoms with Crippen LogP contribution in [0.2, 0.25) is 5.02 Å². The number of nitrogens with zero attached hydrogens (tertiary/aromatic N) is 3. The maximum Gasteiger partial charge on any atom is 0.254 e. The van der Waals surface area contributed by atoms with Crippen LogP contribution in [-0.4, -0.2) is 34.9 Å². The molecule has 3 aromatic carbocycles. The zero-order valence-corrected chi connectivity index (χ0v) is 23.9. The van der Waals surface area contributed by atoms with Gasteiger partial charge < -0.3 is 0 Å². The molecule has 8 heteroatoms. The highest BCUT2D eigenvalue weighted by Gasteiger charge is 2.68. The molecule has 7 nitrogen and oxygen atoms in total. The number of carbonyl (C=O) groups is 4. The van der Waals surface area contributed by atoms with Crippen LogP contribution in [0.25, 0.3) is 0 Å². The molecule has 7 aliphatic rings. The summed E-state index contributed by atoms with van der Waals surface area (Å²) >= 11 is 6.36. The number of rotatable bonds is 3. The van der Waals surface area contributed by atoms with E-state index in [9.17, 15) is 19.2 Å². The number of amides is 4. The maximum absolute atomic E-state index is 14.7. The Morgan fingerprint density at radius 3 is 2.02 bits per heavy atom. The van der Waals surface area contributed by atoms with E-state index in [1.807, 2.05) is 55.5 Å². The van der Waals surface area contributed by atoms with Gasteiger partial charge in [-0.05, 0) is 65.1 Å². The molecule has 10 rings (SSSR count). The Labute approximate surface area is 252 Å². The minimum absolute atomic E-state index is 0.0595. The monoisotopic (exact) mass is 587 g/mol. The molecule has 3 fully saturated rings. The molecule has 1 saturated carbocycles. The Morgan fingerprint density at radius 2 is 1.40 bits per heavy atom. The van der Waals surface area contributed by atoms with Gasteiger partial charge in [-0.15, -0.1) is 0 Å². The summed E-state index contributed by atoms with van der Waals surface area (Å²) in [7, 11) is 0. The first-order valence-corrected chi connectivity index (χ1v) is 15.1. The standard InChI is InChI=1S/C35H26ClN3O4/c1-17-10-13-20(36)15-25(17)38-31(40)29-28-21-6-2-4-8-23(21)35(30(29)34(38)43,24-9-5-3-7-22(24)28)16-37-39-32(41)26-18-11-12-19(14-18)27(26)33(39)42/h2-13,15-16,18-19,26-30H,14H2,1H3/b37-16-/t18-,19-,26-,27+,28?,29+,30-,35?/m0/s1. The van der Waals surface area contributed by atoms with E-state index in [0.29, 0.717) is 10.7 Å². The van der Waals surface area contributed by atoms with Gasteiger partial charge >= 0.3 is 0 Å². The first-order valence-electron chi connectivity index (χ1n) is 14.8. The van der Waals surface area contributed by atoms with Crippen LogP contribution >= 0.6 is 11.6 Å². The largest absolute Gasteiger partial charge is 0.274 e. The van der Waals surface area contributed by atoms with Crippen molar-refractivity contribution in [2.75, 3.05) is 4.90 Å². The van der Waals surface area contributed by atoms with Gasteiger partial charge in [0.2, 0.25) is 11.8 Å². The number of benzene rings is 3. The fraction of sp³-hybridized carbons (Fsp3) is 0.286. The summed E-state index contributed by atoms with van der Waals surface area (Å²) in [6.45, 7) is 1.85. The molecule has 2 aliphatic heterocycles. The molecule has 4 bridgehead atoms. The summed E-state index contributed by atoms with van der Waals surface area (Å²) in [6, 6.07) is 20.9. The molecule has 0 radical (unpaired) electrons. The summed E-state index contributed by atoms with van der Waals surface area (Å²) in [5.74, 6) is -3.67. The minimum Gasteiger partial charge on any atom is -0.274 e. The van der Waals surface area contributed by atoms with Gasteiger partial charge in [0.25, 0.3) is 11.8 Å². The van der Waals surface area contributed by atoms with Gasteiger partial charge in [-0.2, -0.15) is 10.1 Å². The molecule has 0 N–H and O–H groups in total. The van der Waals surface area contributed by atoms with Crippen LogP contribution in [0.3, 0.4) is 0 Å². The van der Waals surface area contributed by atoms with Crippen molar-refractivity contribution in [3.05, 3.63) is 112 Å². The quantitative estimate of drug-likeness (QED) is 0.245. The molecule has 5 aliphatic carbocycles. The summed E-state index contributed by atoms with van der Waals surface area (Å²) in [5, 5.41) is 6.15. The fourth-order valence-electron chi connectivity index (χ4n) is 9.26. The van der Waals surface area contributed by atoms with Gasteiger partial charge in [0.15, 0.2) is 0 Å². The molecular formula is C35H26ClN3O4. The van der Waals surface area contributed by atoms with Crippen molar-refractivity contribution in [2.45, 2.75) is 24.7 Å². The molecular weight excluding hydrogens is 562 g/mol. The van der Waals surface area contributed by atoms with Crippen molar-refractivity contribution in [2.24, 2.45) is 40.6 Å². The highest BCUT2D eigenvalue weighted by Crippen LogP contribution is 2.64. The zero-order valence-electron chi connectivity index (χ0n) is 23.2. The number of aryl methyl sites for hydroxylation is 1. The molecule has 212 valence electrons. The smallest absolute Gasteiger partial charge is 0.254 e. The summed E-state index contributed by atoms with van der Waals surface area (Å²) in [4.78, 5) is 57.6. The van der Waals surface area contributed by atoms with Crippen molar-refractivity contribution in [3.63, 3.8) is 0 Å². The normalized spacial score (nSPS) is 34.4. The van der Waals surface area contributed by atoms with Gasteiger partial charge in [0.1, 0.15) is 0 Å². The Kier molecular flexibility index (Phi) is 4.91. The molecule has 43 heavy (non-hydrogen) atoms. The third kappa shape index (κ3) is 2.93. The second kappa shape index (κ2) is 8.38. The van der Waals surface area contributed by atoms with Crippen molar-refractivity contribution < 1.29 is 19.2 Å². The molecule has 6 atom stereocenters. The third-order valence-corrected chi connectivity index (χ3v) is 11.2. The van der Waals surface area contributed by atoms with E-state index in [0.717, 1.165) is 39.2 Å². The zero-order chi connectivity index (χ0) is 29.4. The topological polar surface area (TPSA) is 87.1 Å².